The number of hydrogen-bond acceptors (Lipinski definition) is 3. The smallest absolute Gasteiger partial charge is 0.119 e. The summed E-state index contributed by atoms with van der Waals surface area (Å²) >= 11 is 0. The normalized spacial score (nSPS) is 20.6. The summed E-state index contributed by atoms with van der Waals surface area (Å²) in [5, 5.41) is 0. The second kappa shape index (κ2) is 6.59. The number of hydrogen-bond donors (Lipinski definition) is 2. The van der Waals surface area contributed by atoms with E-state index in [4.69, 9.17) is 10.6 Å². The molecular formula is C17H28N2O. The minimum Gasteiger partial charge on any atom is -0.494 e. The fourth-order valence-electron chi connectivity index (χ4n) is 3.20. The molecule has 1 atom stereocenters. The Hall–Kier alpha value is -1.06. The molecule has 0 bridgehead atoms. The Morgan fingerprint density at radius 3 is 2.35 bits per heavy atom. The third-order valence-corrected chi connectivity index (χ3v) is 4.58. The van der Waals surface area contributed by atoms with Gasteiger partial charge in [0.2, 0.25) is 0 Å². The van der Waals surface area contributed by atoms with E-state index in [9.17, 15) is 0 Å². The highest BCUT2D eigenvalue weighted by atomic mass is 16.5. The number of rotatable bonds is 5. The maximum atomic E-state index is 5.82. The molecule has 20 heavy (non-hydrogen) atoms. The van der Waals surface area contributed by atoms with Crippen LogP contribution in [-0.2, 0) is 0 Å². The summed E-state index contributed by atoms with van der Waals surface area (Å²) in [4.78, 5) is 0. The molecule has 0 aromatic heterocycles. The third-order valence-electron chi connectivity index (χ3n) is 4.58. The predicted molar refractivity (Wildman–Crippen MR) is 83.4 cm³/mol. The monoisotopic (exact) mass is 276 g/mol. The van der Waals surface area contributed by atoms with Gasteiger partial charge < -0.3 is 4.74 Å². The van der Waals surface area contributed by atoms with E-state index in [1.54, 1.807) is 0 Å². The van der Waals surface area contributed by atoms with Gasteiger partial charge in [-0.25, -0.2) is 0 Å². The zero-order valence-electron chi connectivity index (χ0n) is 13.0. The van der Waals surface area contributed by atoms with Crippen molar-refractivity contribution in [2.75, 3.05) is 6.61 Å². The summed E-state index contributed by atoms with van der Waals surface area (Å²) in [6, 6.07) is 8.60. The maximum absolute atomic E-state index is 5.82. The van der Waals surface area contributed by atoms with E-state index in [0.29, 0.717) is 17.9 Å². The molecule has 0 spiro atoms. The first kappa shape index (κ1) is 15.3. The minimum absolute atomic E-state index is 0.252. The minimum atomic E-state index is 0.252. The van der Waals surface area contributed by atoms with Crippen molar-refractivity contribution in [2.24, 2.45) is 17.2 Å². The molecule has 2 rings (SSSR count). The van der Waals surface area contributed by atoms with Gasteiger partial charge in [-0.1, -0.05) is 26.0 Å². The zero-order valence-corrected chi connectivity index (χ0v) is 13.0. The van der Waals surface area contributed by atoms with Crippen molar-refractivity contribution in [2.45, 2.75) is 52.5 Å². The van der Waals surface area contributed by atoms with Crippen LogP contribution in [-0.4, -0.2) is 6.61 Å². The van der Waals surface area contributed by atoms with E-state index in [2.05, 4.69) is 31.4 Å². The van der Waals surface area contributed by atoms with Crippen LogP contribution in [0, 0.1) is 11.3 Å². The first-order valence-electron chi connectivity index (χ1n) is 7.74. The van der Waals surface area contributed by atoms with E-state index in [-0.39, 0.29) is 6.04 Å². The molecule has 1 aliphatic rings. The molecule has 3 nitrogen and oxygen atoms in total. The largest absolute Gasteiger partial charge is 0.494 e. The van der Waals surface area contributed by atoms with Crippen LogP contribution < -0.4 is 16.0 Å². The lowest BCUT2D eigenvalue weighted by Crippen LogP contribution is -2.36. The summed E-state index contributed by atoms with van der Waals surface area (Å²) in [5.74, 6) is 7.38. The lowest BCUT2D eigenvalue weighted by atomic mass is 9.70. The first-order valence-corrected chi connectivity index (χ1v) is 7.74. The first-order chi connectivity index (χ1) is 9.55. The maximum Gasteiger partial charge on any atom is 0.119 e. The van der Waals surface area contributed by atoms with Gasteiger partial charge in [0, 0.05) is 6.04 Å². The van der Waals surface area contributed by atoms with Crippen molar-refractivity contribution >= 4 is 0 Å². The average molecular weight is 276 g/mol. The van der Waals surface area contributed by atoms with Crippen LogP contribution in [0.25, 0.3) is 0 Å². The van der Waals surface area contributed by atoms with Gasteiger partial charge in [0.25, 0.3) is 0 Å². The van der Waals surface area contributed by atoms with Gasteiger partial charge in [-0.2, -0.15) is 0 Å². The topological polar surface area (TPSA) is 47.3 Å². The lowest BCUT2D eigenvalue weighted by Gasteiger charge is -2.38. The highest BCUT2D eigenvalue weighted by Gasteiger charge is 2.31. The average Bonchev–Trinajstić information content (AvgIpc) is 2.43. The highest BCUT2D eigenvalue weighted by molar-refractivity contribution is 5.29. The van der Waals surface area contributed by atoms with Crippen molar-refractivity contribution < 1.29 is 4.74 Å². The van der Waals surface area contributed by atoms with Gasteiger partial charge in [0.15, 0.2) is 0 Å². The molecule has 1 unspecified atom stereocenters. The lowest BCUT2D eigenvalue weighted by molar-refractivity contribution is 0.161. The van der Waals surface area contributed by atoms with E-state index >= 15 is 0 Å². The molecule has 0 saturated heterocycles. The van der Waals surface area contributed by atoms with Crippen LogP contribution in [0.3, 0.4) is 0 Å². The van der Waals surface area contributed by atoms with Crippen LogP contribution in [0.5, 0.6) is 5.75 Å². The Balaban J connectivity index is 2.04. The van der Waals surface area contributed by atoms with Crippen LogP contribution in [0.1, 0.15) is 58.1 Å². The molecule has 0 amide bonds. The van der Waals surface area contributed by atoms with Crippen LogP contribution in [0.2, 0.25) is 0 Å². The molecule has 0 heterocycles. The number of ether oxygens (including phenoxy) is 1. The molecule has 1 saturated carbocycles. The SMILES string of the molecule is CCOc1ccc(C(NN)C2CCC(C)(C)CC2)cc1. The molecule has 112 valence electrons. The Bertz CT molecular complexity index is 404. The molecular weight excluding hydrogens is 248 g/mol. The summed E-state index contributed by atoms with van der Waals surface area (Å²) < 4.78 is 5.50. The Morgan fingerprint density at radius 2 is 1.85 bits per heavy atom. The molecule has 3 N–H and O–H groups in total. The van der Waals surface area contributed by atoms with Crippen LogP contribution in [0.4, 0.5) is 0 Å². The number of hydrazine groups is 1. The number of nitrogens with one attached hydrogen (secondary N) is 1. The molecule has 1 aliphatic carbocycles. The van der Waals surface area contributed by atoms with Crippen molar-refractivity contribution in [3.05, 3.63) is 29.8 Å². The summed E-state index contributed by atoms with van der Waals surface area (Å²) in [7, 11) is 0. The second-order valence-corrected chi connectivity index (χ2v) is 6.65. The quantitative estimate of drug-likeness (QED) is 0.635. The van der Waals surface area contributed by atoms with Gasteiger partial charge in [-0.15, -0.1) is 0 Å². The predicted octanol–water partition coefficient (Wildman–Crippen LogP) is 3.81. The molecule has 0 aliphatic heterocycles. The second-order valence-electron chi connectivity index (χ2n) is 6.65. The van der Waals surface area contributed by atoms with E-state index in [1.807, 2.05) is 19.1 Å². The fourth-order valence-corrected chi connectivity index (χ4v) is 3.20. The molecule has 1 aromatic carbocycles. The Labute approximate surface area is 122 Å². The summed E-state index contributed by atoms with van der Waals surface area (Å²) in [6.45, 7) is 7.44. The van der Waals surface area contributed by atoms with Crippen molar-refractivity contribution in [1.82, 2.24) is 5.43 Å². The standard InChI is InChI=1S/C17H28N2O/c1-4-20-15-7-5-13(6-8-15)16(19-18)14-9-11-17(2,3)12-10-14/h5-8,14,16,19H,4,9-12,18H2,1-3H3. The van der Waals surface area contributed by atoms with E-state index in [1.165, 1.54) is 31.2 Å². The van der Waals surface area contributed by atoms with Crippen LogP contribution >= 0.6 is 0 Å². The van der Waals surface area contributed by atoms with Crippen molar-refractivity contribution in [3.63, 3.8) is 0 Å². The molecule has 1 fully saturated rings. The Kier molecular flexibility index (Phi) is 5.06. The van der Waals surface area contributed by atoms with Crippen molar-refractivity contribution in [3.8, 4) is 5.75 Å². The van der Waals surface area contributed by atoms with Gasteiger partial charge in [0.05, 0.1) is 6.61 Å². The van der Waals surface area contributed by atoms with E-state index in [0.717, 1.165) is 5.75 Å². The highest BCUT2D eigenvalue weighted by Crippen LogP contribution is 2.42. The summed E-state index contributed by atoms with van der Waals surface area (Å²) in [6.07, 6.45) is 5.06. The third kappa shape index (κ3) is 3.74. The Morgan fingerprint density at radius 1 is 1.25 bits per heavy atom. The number of nitrogens with two attached hydrogens (primary N) is 1. The van der Waals surface area contributed by atoms with Gasteiger partial charge >= 0.3 is 0 Å². The summed E-state index contributed by atoms with van der Waals surface area (Å²) in [5.41, 5.74) is 4.79. The van der Waals surface area contributed by atoms with Crippen LogP contribution in [0.15, 0.2) is 24.3 Å². The van der Waals surface area contributed by atoms with Gasteiger partial charge in [-0.05, 0) is 61.6 Å². The molecule has 1 aromatic rings. The molecule has 3 heteroatoms. The zero-order chi connectivity index (χ0) is 14.6. The molecule has 0 radical (unpaired) electrons. The number of benzene rings is 1. The van der Waals surface area contributed by atoms with Crippen molar-refractivity contribution in [1.29, 1.82) is 0 Å². The van der Waals surface area contributed by atoms with Gasteiger partial charge in [0.1, 0.15) is 5.75 Å². The van der Waals surface area contributed by atoms with E-state index < -0.39 is 0 Å². The fraction of sp³-hybridized carbons (Fsp3) is 0.647. The van der Waals surface area contributed by atoms with Gasteiger partial charge in [-0.3, -0.25) is 11.3 Å².